The molecule has 2 fully saturated rings. The minimum atomic E-state index is -0.618. The third-order valence-electron chi connectivity index (χ3n) is 7.87. The minimum Gasteiger partial charge on any atom is -0.379 e. The first-order chi connectivity index (χ1) is 19.0. The summed E-state index contributed by atoms with van der Waals surface area (Å²) in [5.41, 5.74) is 8.97. The van der Waals surface area contributed by atoms with Crippen molar-refractivity contribution in [3.8, 4) is 16.8 Å². The van der Waals surface area contributed by atoms with Crippen molar-refractivity contribution >= 4 is 11.0 Å². The average molecular weight is 530 g/mol. The normalized spacial score (nSPS) is 20.4. The van der Waals surface area contributed by atoms with Gasteiger partial charge in [0.25, 0.3) is 5.56 Å². The highest BCUT2D eigenvalue weighted by Gasteiger charge is 2.26. The van der Waals surface area contributed by atoms with Crippen molar-refractivity contribution in [2.24, 2.45) is 5.73 Å². The molecule has 2 N–H and O–H groups in total. The Morgan fingerprint density at radius 3 is 2.44 bits per heavy atom. The molecule has 0 bridgehead atoms. The smallest absolute Gasteiger partial charge is 0.337 e. The number of halogens is 1. The Hall–Kier alpha value is -3.66. The molecular formula is C30H32FN5O3. The van der Waals surface area contributed by atoms with Crippen molar-refractivity contribution < 1.29 is 9.13 Å². The maximum absolute atomic E-state index is 14.2. The third-order valence-corrected chi connectivity index (χ3v) is 7.87. The van der Waals surface area contributed by atoms with E-state index in [1.54, 1.807) is 0 Å². The molecule has 0 radical (unpaired) electrons. The van der Waals surface area contributed by atoms with Crippen molar-refractivity contribution in [1.29, 1.82) is 0 Å². The fourth-order valence-electron chi connectivity index (χ4n) is 5.79. The maximum atomic E-state index is 14.2. The monoisotopic (exact) mass is 529 g/mol. The van der Waals surface area contributed by atoms with Gasteiger partial charge in [0.05, 0.1) is 30.5 Å². The summed E-state index contributed by atoms with van der Waals surface area (Å²) in [7, 11) is 0. The molecule has 4 aromatic rings. The molecule has 8 nitrogen and oxygen atoms in total. The molecule has 1 aliphatic carbocycles. The van der Waals surface area contributed by atoms with Gasteiger partial charge in [0.1, 0.15) is 5.82 Å². The largest absolute Gasteiger partial charge is 0.379 e. The van der Waals surface area contributed by atoms with Crippen LogP contribution >= 0.6 is 0 Å². The van der Waals surface area contributed by atoms with Gasteiger partial charge in [-0.1, -0.05) is 30.3 Å². The van der Waals surface area contributed by atoms with Gasteiger partial charge in [-0.3, -0.25) is 14.3 Å². The summed E-state index contributed by atoms with van der Waals surface area (Å²) in [6.45, 7) is 4.15. The first-order valence-electron chi connectivity index (χ1n) is 13.6. The fraction of sp³-hybridized carbons (Fsp3) is 0.367. The van der Waals surface area contributed by atoms with Gasteiger partial charge < -0.3 is 10.5 Å². The van der Waals surface area contributed by atoms with Crippen LogP contribution in [0, 0.1) is 5.82 Å². The Labute approximate surface area is 225 Å². The molecule has 3 heterocycles. The summed E-state index contributed by atoms with van der Waals surface area (Å²) in [4.78, 5) is 34.0. The van der Waals surface area contributed by atoms with E-state index in [4.69, 9.17) is 10.5 Å². The third kappa shape index (κ3) is 5.17. The number of nitrogens with zero attached hydrogens (tertiary/aromatic N) is 4. The van der Waals surface area contributed by atoms with E-state index in [9.17, 15) is 14.0 Å². The number of ether oxygens (including phenoxy) is 1. The maximum Gasteiger partial charge on any atom is 0.337 e. The Morgan fingerprint density at radius 1 is 0.949 bits per heavy atom. The molecule has 1 saturated carbocycles. The van der Waals surface area contributed by atoms with Gasteiger partial charge in [0.2, 0.25) is 0 Å². The molecule has 0 unspecified atom stereocenters. The van der Waals surface area contributed by atoms with E-state index in [2.05, 4.69) is 22.0 Å². The number of benzene rings is 2. The van der Waals surface area contributed by atoms with Gasteiger partial charge in [0, 0.05) is 31.7 Å². The molecule has 2 aromatic heterocycles. The molecule has 0 atom stereocenters. The van der Waals surface area contributed by atoms with Crippen LogP contribution in [0.2, 0.25) is 0 Å². The number of rotatable bonds is 5. The highest BCUT2D eigenvalue weighted by atomic mass is 19.1. The molecule has 6 rings (SSSR count). The second-order valence-electron chi connectivity index (χ2n) is 10.5. The van der Waals surface area contributed by atoms with Gasteiger partial charge in [-0.2, -0.15) is 0 Å². The Balaban J connectivity index is 1.44. The zero-order chi connectivity index (χ0) is 26.9. The van der Waals surface area contributed by atoms with Crippen molar-refractivity contribution in [1.82, 2.24) is 19.0 Å². The van der Waals surface area contributed by atoms with Crippen LogP contribution in [-0.2, 0) is 11.3 Å². The first-order valence-corrected chi connectivity index (χ1v) is 13.6. The van der Waals surface area contributed by atoms with E-state index in [-0.39, 0.29) is 23.1 Å². The fourth-order valence-corrected chi connectivity index (χ4v) is 5.79. The van der Waals surface area contributed by atoms with Crippen molar-refractivity contribution in [3.63, 3.8) is 0 Å². The van der Waals surface area contributed by atoms with Crippen LogP contribution in [0.1, 0.15) is 37.3 Å². The number of aromatic nitrogens is 3. The van der Waals surface area contributed by atoms with Crippen LogP contribution in [0.15, 0.2) is 70.4 Å². The molecule has 9 heteroatoms. The Bertz CT molecular complexity index is 1620. The van der Waals surface area contributed by atoms with E-state index in [0.717, 1.165) is 63.0 Å². The van der Waals surface area contributed by atoms with Gasteiger partial charge in [-0.15, -0.1) is 0 Å². The van der Waals surface area contributed by atoms with Crippen LogP contribution in [0.25, 0.3) is 27.8 Å². The standard InChI is InChI=1S/C30H32FN5O3/c31-23-17-27-28(33-18-23)35(30(38)36(29(27)37)25-9-7-24(32)8-10-25)26-6-2-5-22(16-26)21-4-1-3-20(15-21)19-34-11-13-39-14-12-34/h1-6,15-18,24-25H,7-14,19,32H2. The van der Waals surface area contributed by atoms with E-state index in [0.29, 0.717) is 18.5 Å². The summed E-state index contributed by atoms with van der Waals surface area (Å²) in [6.07, 6.45) is 3.75. The van der Waals surface area contributed by atoms with Crippen LogP contribution in [0.4, 0.5) is 4.39 Å². The zero-order valence-corrected chi connectivity index (χ0v) is 21.8. The summed E-state index contributed by atoms with van der Waals surface area (Å²) in [5.74, 6) is -0.618. The molecule has 0 amide bonds. The summed E-state index contributed by atoms with van der Waals surface area (Å²) >= 11 is 0. The molecule has 1 saturated heterocycles. The number of fused-ring (bicyclic) bond motifs is 1. The molecule has 39 heavy (non-hydrogen) atoms. The average Bonchev–Trinajstić information content (AvgIpc) is 2.95. The molecule has 2 aliphatic rings. The van der Waals surface area contributed by atoms with E-state index in [1.807, 2.05) is 36.4 Å². The summed E-state index contributed by atoms with van der Waals surface area (Å²) in [5, 5.41) is 0.0855. The molecule has 1 aliphatic heterocycles. The second kappa shape index (κ2) is 10.8. The van der Waals surface area contributed by atoms with Crippen LogP contribution in [-0.4, -0.2) is 51.4 Å². The van der Waals surface area contributed by atoms with Gasteiger partial charge in [-0.05, 0) is 66.6 Å². The van der Waals surface area contributed by atoms with Crippen LogP contribution < -0.4 is 17.0 Å². The van der Waals surface area contributed by atoms with E-state index < -0.39 is 17.1 Å². The van der Waals surface area contributed by atoms with Crippen molar-refractivity contribution in [2.45, 2.75) is 44.3 Å². The lowest BCUT2D eigenvalue weighted by Gasteiger charge is -2.28. The number of hydrogen-bond donors (Lipinski definition) is 1. The molecular weight excluding hydrogens is 497 g/mol. The van der Waals surface area contributed by atoms with Crippen LogP contribution in [0.5, 0.6) is 0 Å². The highest BCUT2D eigenvalue weighted by molar-refractivity contribution is 5.76. The number of pyridine rings is 1. The zero-order valence-electron chi connectivity index (χ0n) is 21.8. The lowest BCUT2D eigenvalue weighted by atomic mass is 9.91. The predicted molar refractivity (Wildman–Crippen MR) is 149 cm³/mol. The summed E-state index contributed by atoms with van der Waals surface area (Å²) in [6, 6.07) is 16.9. The quantitative estimate of drug-likeness (QED) is 0.424. The number of nitrogens with two attached hydrogens (primary N) is 1. The summed E-state index contributed by atoms with van der Waals surface area (Å²) < 4.78 is 22.4. The Kier molecular flexibility index (Phi) is 7.12. The van der Waals surface area contributed by atoms with Gasteiger partial charge in [-0.25, -0.2) is 18.7 Å². The lowest BCUT2D eigenvalue weighted by Crippen LogP contribution is -2.44. The van der Waals surface area contributed by atoms with Crippen molar-refractivity contribution in [2.75, 3.05) is 26.3 Å². The lowest BCUT2D eigenvalue weighted by molar-refractivity contribution is 0.0342. The van der Waals surface area contributed by atoms with E-state index >= 15 is 0 Å². The van der Waals surface area contributed by atoms with Crippen molar-refractivity contribution in [3.05, 3.63) is 93.0 Å². The predicted octanol–water partition coefficient (Wildman–Crippen LogP) is 3.63. The second-order valence-corrected chi connectivity index (χ2v) is 10.5. The number of morpholine rings is 1. The molecule has 202 valence electrons. The van der Waals surface area contributed by atoms with E-state index in [1.165, 1.54) is 20.8 Å². The molecule has 2 aromatic carbocycles. The SMILES string of the molecule is NC1CCC(n2c(=O)c3cc(F)cnc3n(-c3cccc(-c4cccc(CN5CCOCC5)c4)c3)c2=O)CC1. The number of hydrogen-bond acceptors (Lipinski definition) is 6. The van der Waals surface area contributed by atoms with Gasteiger partial charge >= 0.3 is 5.69 Å². The van der Waals surface area contributed by atoms with Gasteiger partial charge in [0.15, 0.2) is 5.65 Å². The Morgan fingerprint density at radius 2 is 1.67 bits per heavy atom. The minimum absolute atomic E-state index is 0.0643. The topological polar surface area (TPSA) is 95.4 Å². The van der Waals surface area contributed by atoms with Crippen LogP contribution in [0.3, 0.4) is 0 Å². The molecule has 0 spiro atoms. The highest BCUT2D eigenvalue weighted by Crippen LogP contribution is 2.28. The first kappa shape index (κ1) is 25.6.